The Kier molecular flexibility index (Phi) is 6.65. The van der Waals surface area contributed by atoms with Crippen molar-refractivity contribution in [2.24, 2.45) is 7.05 Å². The SMILES string of the molecule is CC.COc1ccc2c(C#N)c(-c3ccc(OCCO)cc3)n(C)c2c1. The molecule has 3 aromatic rings. The third kappa shape index (κ3) is 3.66. The summed E-state index contributed by atoms with van der Waals surface area (Å²) in [5, 5.41) is 19.4. The molecule has 1 aromatic heterocycles. The molecule has 0 saturated heterocycles. The first-order chi connectivity index (χ1) is 12.7. The lowest BCUT2D eigenvalue weighted by Crippen LogP contribution is -2.01. The van der Waals surface area contributed by atoms with E-state index in [1.54, 1.807) is 7.11 Å². The van der Waals surface area contributed by atoms with Crippen molar-refractivity contribution in [2.45, 2.75) is 13.8 Å². The highest BCUT2D eigenvalue weighted by atomic mass is 16.5. The number of ether oxygens (including phenoxy) is 2. The zero-order valence-electron chi connectivity index (χ0n) is 15.6. The molecule has 0 fully saturated rings. The predicted molar refractivity (Wildman–Crippen MR) is 104 cm³/mol. The number of methoxy groups -OCH3 is 1. The fraction of sp³-hybridized carbons (Fsp3) is 0.286. The fourth-order valence-corrected chi connectivity index (χ4v) is 2.87. The summed E-state index contributed by atoms with van der Waals surface area (Å²) in [7, 11) is 3.56. The molecule has 1 N–H and O–H groups in total. The van der Waals surface area contributed by atoms with Crippen molar-refractivity contribution in [1.29, 1.82) is 5.26 Å². The lowest BCUT2D eigenvalue weighted by molar-refractivity contribution is 0.201. The molecular formula is C21H24N2O3. The lowest BCUT2D eigenvalue weighted by atomic mass is 10.1. The molecule has 5 nitrogen and oxygen atoms in total. The number of aliphatic hydroxyl groups is 1. The fourth-order valence-electron chi connectivity index (χ4n) is 2.87. The van der Waals surface area contributed by atoms with E-state index in [9.17, 15) is 5.26 Å². The molecule has 1 heterocycles. The Morgan fingerprint density at radius 3 is 2.31 bits per heavy atom. The van der Waals surface area contributed by atoms with Crippen LogP contribution in [0.4, 0.5) is 0 Å². The second-order valence-corrected chi connectivity index (χ2v) is 5.37. The number of hydrogen-bond donors (Lipinski definition) is 1. The number of aryl methyl sites for hydroxylation is 1. The summed E-state index contributed by atoms with van der Waals surface area (Å²) in [6.45, 7) is 4.24. The summed E-state index contributed by atoms with van der Waals surface area (Å²) < 4.78 is 12.7. The second-order valence-electron chi connectivity index (χ2n) is 5.37. The van der Waals surface area contributed by atoms with Crippen molar-refractivity contribution in [3.63, 3.8) is 0 Å². The first-order valence-corrected chi connectivity index (χ1v) is 8.60. The molecule has 0 radical (unpaired) electrons. The van der Waals surface area contributed by atoms with Crippen LogP contribution in [0.5, 0.6) is 11.5 Å². The maximum atomic E-state index is 9.64. The molecule has 5 heteroatoms. The number of nitriles is 1. The molecule has 0 atom stereocenters. The van der Waals surface area contributed by atoms with Gasteiger partial charge in [-0.1, -0.05) is 13.8 Å². The zero-order chi connectivity index (χ0) is 19.1. The number of nitrogens with zero attached hydrogens (tertiary/aromatic N) is 2. The largest absolute Gasteiger partial charge is 0.497 e. The van der Waals surface area contributed by atoms with Crippen molar-refractivity contribution in [3.05, 3.63) is 48.0 Å². The maximum absolute atomic E-state index is 9.64. The van der Waals surface area contributed by atoms with E-state index in [1.807, 2.05) is 67.9 Å². The van der Waals surface area contributed by atoms with E-state index in [-0.39, 0.29) is 13.2 Å². The summed E-state index contributed by atoms with van der Waals surface area (Å²) in [6.07, 6.45) is 0. The van der Waals surface area contributed by atoms with Crippen molar-refractivity contribution in [2.75, 3.05) is 20.3 Å². The van der Waals surface area contributed by atoms with Crippen LogP contribution in [0.1, 0.15) is 19.4 Å². The third-order valence-electron chi connectivity index (χ3n) is 4.01. The van der Waals surface area contributed by atoms with E-state index in [0.717, 1.165) is 27.9 Å². The van der Waals surface area contributed by atoms with Crippen LogP contribution in [0.2, 0.25) is 0 Å². The predicted octanol–water partition coefficient (Wildman–Crippen LogP) is 4.12. The van der Waals surface area contributed by atoms with Gasteiger partial charge in [-0.3, -0.25) is 0 Å². The molecule has 3 rings (SSSR count). The molecule has 0 aliphatic carbocycles. The number of benzene rings is 2. The summed E-state index contributed by atoms with van der Waals surface area (Å²) in [5.41, 5.74) is 3.37. The average molecular weight is 352 g/mol. The van der Waals surface area contributed by atoms with Crippen molar-refractivity contribution in [3.8, 4) is 28.8 Å². The van der Waals surface area contributed by atoms with Crippen LogP contribution in [0, 0.1) is 11.3 Å². The van der Waals surface area contributed by atoms with Gasteiger partial charge >= 0.3 is 0 Å². The van der Waals surface area contributed by atoms with E-state index in [1.165, 1.54) is 0 Å². The van der Waals surface area contributed by atoms with Crippen molar-refractivity contribution in [1.82, 2.24) is 4.57 Å². The maximum Gasteiger partial charge on any atom is 0.120 e. The minimum absolute atomic E-state index is 0.0225. The van der Waals surface area contributed by atoms with Crippen LogP contribution in [-0.4, -0.2) is 30.0 Å². The Morgan fingerprint density at radius 1 is 1.08 bits per heavy atom. The standard InChI is InChI=1S/C19H18N2O3.C2H6/c1-21-18-11-15(23-2)7-8-16(18)17(12-20)19(21)13-3-5-14(6-4-13)24-10-9-22;1-2/h3-8,11,22H,9-10H2,1-2H3;1-2H3. The second kappa shape index (κ2) is 8.93. The van der Waals surface area contributed by atoms with E-state index >= 15 is 0 Å². The van der Waals surface area contributed by atoms with E-state index in [2.05, 4.69) is 6.07 Å². The molecule has 2 aromatic carbocycles. The minimum Gasteiger partial charge on any atom is -0.497 e. The van der Waals surface area contributed by atoms with Gasteiger partial charge in [0, 0.05) is 18.5 Å². The molecule has 0 unspecified atom stereocenters. The molecule has 0 spiro atoms. The summed E-state index contributed by atoms with van der Waals surface area (Å²) in [6, 6.07) is 15.5. The van der Waals surface area contributed by atoms with E-state index < -0.39 is 0 Å². The van der Waals surface area contributed by atoms with Gasteiger partial charge in [-0.25, -0.2) is 0 Å². The smallest absolute Gasteiger partial charge is 0.120 e. The molecule has 0 aliphatic rings. The van der Waals surface area contributed by atoms with Crippen molar-refractivity contribution < 1.29 is 14.6 Å². The Hall–Kier alpha value is -2.97. The number of rotatable bonds is 5. The quantitative estimate of drug-likeness (QED) is 0.750. The first kappa shape index (κ1) is 19.4. The highest BCUT2D eigenvalue weighted by molar-refractivity contribution is 5.95. The summed E-state index contributed by atoms with van der Waals surface area (Å²) in [4.78, 5) is 0. The van der Waals surface area contributed by atoms with Crippen LogP contribution >= 0.6 is 0 Å². The number of hydrogen-bond acceptors (Lipinski definition) is 4. The van der Waals surface area contributed by atoms with Gasteiger partial charge in [0.15, 0.2) is 0 Å². The topological polar surface area (TPSA) is 67.4 Å². The summed E-state index contributed by atoms with van der Waals surface area (Å²) in [5.74, 6) is 1.44. The van der Waals surface area contributed by atoms with Gasteiger partial charge in [0.1, 0.15) is 24.2 Å². The Balaban J connectivity index is 0.00000117. The molecular weight excluding hydrogens is 328 g/mol. The monoisotopic (exact) mass is 352 g/mol. The lowest BCUT2D eigenvalue weighted by Gasteiger charge is -2.08. The van der Waals surface area contributed by atoms with Gasteiger partial charge in [0.25, 0.3) is 0 Å². The molecule has 136 valence electrons. The van der Waals surface area contributed by atoms with Gasteiger partial charge in [-0.15, -0.1) is 0 Å². The molecule has 0 amide bonds. The van der Waals surface area contributed by atoms with Crippen molar-refractivity contribution >= 4 is 10.9 Å². The van der Waals surface area contributed by atoms with Gasteiger partial charge in [-0.05, 0) is 42.0 Å². The van der Waals surface area contributed by atoms with E-state index in [0.29, 0.717) is 11.3 Å². The number of fused-ring (bicyclic) bond motifs is 1. The Labute approximate surface area is 154 Å². The molecule has 0 aliphatic heterocycles. The molecule has 0 bridgehead atoms. The Morgan fingerprint density at radius 2 is 1.73 bits per heavy atom. The van der Waals surface area contributed by atoms with Gasteiger partial charge in [-0.2, -0.15) is 5.26 Å². The first-order valence-electron chi connectivity index (χ1n) is 8.60. The normalized spacial score (nSPS) is 10.0. The molecule has 26 heavy (non-hydrogen) atoms. The van der Waals surface area contributed by atoms with E-state index in [4.69, 9.17) is 14.6 Å². The van der Waals surface area contributed by atoms with Crippen LogP contribution in [0.3, 0.4) is 0 Å². The van der Waals surface area contributed by atoms with Crippen LogP contribution in [-0.2, 0) is 7.05 Å². The minimum atomic E-state index is -0.0225. The zero-order valence-corrected chi connectivity index (χ0v) is 15.6. The summed E-state index contributed by atoms with van der Waals surface area (Å²) >= 11 is 0. The third-order valence-corrected chi connectivity index (χ3v) is 4.01. The average Bonchev–Trinajstić information content (AvgIpc) is 2.99. The van der Waals surface area contributed by atoms with Crippen LogP contribution in [0.15, 0.2) is 42.5 Å². The van der Waals surface area contributed by atoms with Gasteiger partial charge in [0.2, 0.25) is 0 Å². The van der Waals surface area contributed by atoms with Gasteiger partial charge in [0.05, 0.1) is 30.5 Å². The number of aromatic nitrogens is 1. The highest BCUT2D eigenvalue weighted by Gasteiger charge is 2.17. The van der Waals surface area contributed by atoms with Crippen LogP contribution < -0.4 is 9.47 Å². The number of aliphatic hydroxyl groups excluding tert-OH is 1. The highest BCUT2D eigenvalue weighted by Crippen LogP contribution is 2.34. The molecule has 0 saturated carbocycles. The Bertz CT molecular complexity index is 906. The van der Waals surface area contributed by atoms with Crippen LogP contribution in [0.25, 0.3) is 22.2 Å². The van der Waals surface area contributed by atoms with Gasteiger partial charge < -0.3 is 19.1 Å².